The minimum Gasteiger partial charge on any atom is -0.378 e. The van der Waals surface area contributed by atoms with Gasteiger partial charge in [0.05, 0.1) is 12.2 Å². The van der Waals surface area contributed by atoms with E-state index in [2.05, 4.69) is 10.2 Å². The summed E-state index contributed by atoms with van der Waals surface area (Å²) in [5.41, 5.74) is 0.0628. The van der Waals surface area contributed by atoms with Crippen molar-refractivity contribution in [1.82, 2.24) is 10.2 Å². The van der Waals surface area contributed by atoms with E-state index in [0.717, 1.165) is 44.2 Å². The minimum absolute atomic E-state index is 0.0628. The second-order valence-electron chi connectivity index (χ2n) is 7.64. The van der Waals surface area contributed by atoms with Gasteiger partial charge >= 0.3 is 0 Å². The van der Waals surface area contributed by atoms with E-state index in [9.17, 15) is 0 Å². The van der Waals surface area contributed by atoms with Crippen LogP contribution < -0.4 is 5.32 Å². The van der Waals surface area contributed by atoms with Gasteiger partial charge in [-0.25, -0.2) is 0 Å². The molecule has 4 heteroatoms. The molecule has 1 N–H and O–H groups in total. The first-order valence-corrected chi connectivity index (χ1v) is 9.02. The van der Waals surface area contributed by atoms with Crippen LogP contribution in [0.2, 0.25) is 0 Å². The molecule has 0 amide bonds. The molecule has 4 aliphatic rings. The van der Waals surface area contributed by atoms with E-state index >= 15 is 0 Å². The van der Waals surface area contributed by atoms with Gasteiger partial charge in [-0.3, -0.25) is 0 Å². The molecule has 0 aromatic rings. The van der Waals surface area contributed by atoms with Crippen LogP contribution in [0, 0.1) is 5.92 Å². The van der Waals surface area contributed by atoms with Crippen LogP contribution in [-0.4, -0.2) is 62.0 Å². The Bertz CT molecular complexity index is 345. The summed E-state index contributed by atoms with van der Waals surface area (Å²) < 4.78 is 11.7. The molecular weight excluding hydrogens is 264 g/mol. The van der Waals surface area contributed by atoms with E-state index in [4.69, 9.17) is 9.47 Å². The van der Waals surface area contributed by atoms with Crippen molar-refractivity contribution in [2.24, 2.45) is 5.92 Å². The molecule has 0 radical (unpaired) electrons. The van der Waals surface area contributed by atoms with E-state index in [1.54, 1.807) is 0 Å². The Balaban J connectivity index is 1.25. The lowest BCUT2D eigenvalue weighted by atomic mass is 9.87. The highest BCUT2D eigenvalue weighted by molar-refractivity contribution is 4.94. The third kappa shape index (κ3) is 3.44. The molecule has 1 aliphatic carbocycles. The number of nitrogens with zero attached hydrogens (tertiary/aromatic N) is 1. The Morgan fingerprint density at radius 1 is 1.05 bits per heavy atom. The summed E-state index contributed by atoms with van der Waals surface area (Å²) in [4.78, 5) is 2.75. The van der Waals surface area contributed by atoms with Crippen molar-refractivity contribution < 1.29 is 9.47 Å². The SMILES string of the molecule is C1CC2(CO1)CC(N1CCC(CNC3CC3)CC1)CCO2. The van der Waals surface area contributed by atoms with Crippen molar-refractivity contribution in [3.05, 3.63) is 0 Å². The van der Waals surface area contributed by atoms with E-state index in [1.807, 2.05) is 0 Å². The van der Waals surface area contributed by atoms with Crippen LogP contribution in [0.1, 0.15) is 44.9 Å². The molecule has 4 nitrogen and oxygen atoms in total. The quantitative estimate of drug-likeness (QED) is 0.857. The molecule has 21 heavy (non-hydrogen) atoms. The highest BCUT2D eigenvalue weighted by Gasteiger charge is 2.42. The average Bonchev–Trinajstić information content (AvgIpc) is 3.26. The molecule has 3 heterocycles. The largest absolute Gasteiger partial charge is 0.378 e. The smallest absolute Gasteiger partial charge is 0.0951 e. The summed E-state index contributed by atoms with van der Waals surface area (Å²) in [7, 11) is 0. The number of likely N-dealkylation sites (tertiary alicyclic amines) is 1. The van der Waals surface area contributed by atoms with Gasteiger partial charge in [0.1, 0.15) is 0 Å². The van der Waals surface area contributed by atoms with Crippen LogP contribution in [0.3, 0.4) is 0 Å². The third-order valence-corrected chi connectivity index (χ3v) is 5.97. The van der Waals surface area contributed by atoms with Gasteiger partial charge < -0.3 is 19.7 Å². The fourth-order valence-corrected chi connectivity index (χ4v) is 4.32. The summed E-state index contributed by atoms with van der Waals surface area (Å²) >= 11 is 0. The van der Waals surface area contributed by atoms with Gasteiger partial charge in [-0.15, -0.1) is 0 Å². The van der Waals surface area contributed by atoms with Gasteiger partial charge in [-0.05, 0) is 64.1 Å². The van der Waals surface area contributed by atoms with Crippen molar-refractivity contribution >= 4 is 0 Å². The first-order chi connectivity index (χ1) is 10.3. The van der Waals surface area contributed by atoms with Crippen molar-refractivity contribution in [3.8, 4) is 0 Å². The molecule has 2 atom stereocenters. The van der Waals surface area contributed by atoms with E-state index < -0.39 is 0 Å². The third-order valence-electron chi connectivity index (χ3n) is 5.97. The Morgan fingerprint density at radius 3 is 2.62 bits per heavy atom. The Morgan fingerprint density at radius 2 is 1.90 bits per heavy atom. The summed E-state index contributed by atoms with van der Waals surface area (Å²) in [6.07, 6.45) is 9.08. The predicted octanol–water partition coefficient (Wildman–Crippen LogP) is 1.79. The van der Waals surface area contributed by atoms with Crippen molar-refractivity contribution in [2.75, 3.05) is 39.5 Å². The highest BCUT2D eigenvalue weighted by atomic mass is 16.6. The van der Waals surface area contributed by atoms with Crippen LogP contribution in [0.4, 0.5) is 0 Å². The highest BCUT2D eigenvalue weighted by Crippen LogP contribution is 2.36. The zero-order valence-corrected chi connectivity index (χ0v) is 13.2. The second kappa shape index (κ2) is 6.15. The molecule has 4 fully saturated rings. The molecule has 3 aliphatic heterocycles. The molecule has 2 unspecified atom stereocenters. The van der Waals surface area contributed by atoms with Crippen LogP contribution in [0.25, 0.3) is 0 Å². The summed E-state index contributed by atoms with van der Waals surface area (Å²) in [6.45, 7) is 6.48. The number of nitrogens with one attached hydrogen (secondary N) is 1. The molecule has 1 spiro atoms. The van der Waals surface area contributed by atoms with Gasteiger partial charge in [0.25, 0.3) is 0 Å². The summed E-state index contributed by atoms with van der Waals surface area (Å²) in [5, 5.41) is 3.71. The molecule has 0 aromatic carbocycles. The minimum atomic E-state index is 0.0628. The number of piperidine rings is 1. The monoisotopic (exact) mass is 294 g/mol. The maximum atomic E-state index is 6.08. The molecule has 120 valence electrons. The summed E-state index contributed by atoms with van der Waals surface area (Å²) in [6, 6.07) is 1.60. The Kier molecular flexibility index (Phi) is 4.23. The van der Waals surface area contributed by atoms with Crippen LogP contribution in [0.15, 0.2) is 0 Å². The van der Waals surface area contributed by atoms with Crippen molar-refractivity contribution in [1.29, 1.82) is 0 Å². The lowest BCUT2D eigenvalue weighted by molar-refractivity contribution is -0.109. The van der Waals surface area contributed by atoms with Gasteiger partial charge in [0.15, 0.2) is 0 Å². The lowest BCUT2D eigenvalue weighted by Crippen LogP contribution is -2.51. The van der Waals surface area contributed by atoms with Crippen molar-refractivity contribution in [3.63, 3.8) is 0 Å². The number of rotatable bonds is 4. The second-order valence-corrected chi connectivity index (χ2v) is 7.64. The van der Waals surface area contributed by atoms with Gasteiger partial charge in [-0.2, -0.15) is 0 Å². The van der Waals surface area contributed by atoms with Crippen LogP contribution in [-0.2, 0) is 9.47 Å². The molecule has 1 saturated carbocycles. The topological polar surface area (TPSA) is 33.7 Å². The van der Waals surface area contributed by atoms with Crippen molar-refractivity contribution in [2.45, 2.75) is 62.6 Å². The average molecular weight is 294 g/mol. The van der Waals surface area contributed by atoms with E-state index in [1.165, 1.54) is 58.2 Å². The van der Waals surface area contributed by atoms with E-state index in [-0.39, 0.29) is 5.60 Å². The first-order valence-electron chi connectivity index (χ1n) is 9.02. The number of ether oxygens (including phenoxy) is 2. The standard InChI is InChI=1S/C17H30N2O2/c1-2-15(1)18-12-14-3-7-19(8-4-14)16-5-9-21-17(11-16)6-10-20-13-17/h14-16,18H,1-13H2. The van der Waals surface area contributed by atoms with E-state index in [0.29, 0.717) is 0 Å². The molecule has 3 saturated heterocycles. The fraction of sp³-hybridized carbons (Fsp3) is 1.00. The number of hydrogen-bond donors (Lipinski definition) is 1. The first kappa shape index (κ1) is 14.4. The van der Waals surface area contributed by atoms with Crippen LogP contribution >= 0.6 is 0 Å². The van der Waals surface area contributed by atoms with Gasteiger partial charge in [0.2, 0.25) is 0 Å². The molecule has 0 bridgehead atoms. The van der Waals surface area contributed by atoms with Gasteiger partial charge in [-0.1, -0.05) is 0 Å². The maximum absolute atomic E-state index is 6.08. The zero-order valence-electron chi connectivity index (χ0n) is 13.2. The molecular formula is C17H30N2O2. The Hall–Kier alpha value is -0.160. The zero-order chi connectivity index (χ0) is 14.1. The molecule has 4 rings (SSSR count). The number of hydrogen-bond acceptors (Lipinski definition) is 4. The molecule has 0 aromatic heterocycles. The fourth-order valence-electron chi connectivity index (χ4n) is 4.32. The predicted molar refractivity (Wildman–Crippen MR) is 82.5 cm³/mol. The lowest BCUT2D eigenvalue weighted by Gasteiger charge is -2.44. The summed E-state index contributed by atoms with van der Waals surface area (Å²) in [5.74, 6) is 0.908. The maximum Gasteiger partial charge on any atom is 0.0951 e. The van der Waals surface area contributed by atoms with Gasteiger partial charge in [0, 0.05) is 31.7 Å². The normalized spacial score (nSPS) is 39.1. The Labute approximate surface area is 128 Å². The van der Waals surface area contributed by atoms with Crippen LogP contribution in [0.5, 0.6) is 0 Å².